The van der Waals surface area contributed by atoms with Crippen LogP contribution in [0.5, 0.6) is 0 Å². The van der Waals surface area contributed by atoms with Gasteiger partial charge in [-0.3, -0.25) is 4.79 Å². The summed E-state index contributed by atoms with van der Waals surface area (Å²) >= 11 is 11.8. The molecule has 0 saturated heterocycles. The normalized spacial score (nSPS) is 17.2. The van der Waals surface area contributed by atoms with E-state index in [9.17, 15) is 4.79 Å². The Kier molecular flexibility index (Phi) is 3.64. The van der Waals surface area contributed by atoms with Gasteiger partial charge in [0.1, 0.15) is 6.61 Å². The van der Waals surface area contributed by atoms with Crippen molar-refractivity contribution in [2.45, 2.75) is 25.8 Å². The lowest BCUT2D eigenvalue weighted by Gasteiger charge is -2.07. The average Bonchev–Trinajstić information content (AvgIpc) is 2.57. The third-order valence-corrected chi connectivity index (χ3v) is 3.11. The number of ketones is 1. The van der Waals surface area contributed by atoms with Crippen molar-refractivity contribution in [1.82, 2.24) is 0 Å². The number of Topliss-reactive ketones (excluding diaryl/α,β-unsaturated/α-hetero) is 1. The van der Waals surface area contributed by atoms with Crippen LogP contribution in [0.25, 0.3) is 0 Å². The summed E-state index contributed by atoms with van der Waals surface area (Å²) in [4.78, 5) is 16.4. The highest BCUT2D eigenvalue weighted by molar-refractivity contribution is 6.37. The summed E-state index contributed by atoms with van der Waals surface area (Å²) in [6, 6.07) is 4.81. The number of carbonyl (C=O) groups is 1. The van der Waals surface area contributed by atoms with Crippen LogP contribution in [0.2, 0.25) is 10.0 Å². The first-order valence-electron chi connectivity index (χ1n) is 5.57. The van der Waals surface area contributed by atoms with Crippen LogP contribution in [0.3, 0.4) is 0 Å². The van der Waals surface area contributed by atoms with Gasteiger partial charge in [0, 0.05) is 10.6 Å². The van der Waals surface area contributed by atoms with Crippen LogP contribution >= 0.6 is 23.2 Å². The van der Waals surface area contributed by atoms with Crippen LogP contribution in [0.15, 0.2) is 23.2 Å². The zero-order valence-corrected chi connectivity index (χ0v) is 11.7. The van der Waals surface area contributed by atoms with E-state index in [0.29, 0.717) is 28.1 Å². The van der Waals surface area contributed by atoms with Gasteiger partial charge < -0.3 is 4.74 Å². The van der Waals surface area contributed by atoms with Gasteiger partial charge in [0.2, 0.25) is 0 Å². The zero-order chi connectivity index (χ0) is 13.3. The molecule has 1 aromatic carbocycles. The summed E-state index contributed by atoms with van der Waals surface area (Å²) in [5.41, 5.74) is 0.191. The molecule has 0 N–H and O–H groups in total. The SMILES string of the molecule is CC1(C)COC(CC(=O)c2ccc(Cl)cc2Cl)=N1. The van der Waals surface area contributed by atoms with E-state index in [1.54, 1.807) is 18.2 Å². The molecule has 96 valence electrons. The molecule has 0 unspecified atom stereocenters. The van der Waals surface area contributed by atoms with Crippen molar-refractivity contribution in [1.29, 1.82) is 0 Å². The smallest absolute Gasteiger partial charge is 0.191 e. The fourth-order valence-corrected chi connectivity index (χ4v) is 2.21. The molecule has 5 heteroatoms. The Morgan fingerprint density at radius 2 is 2.17 bits per heavy atom. The van der Waals surface area contributed by atoms with E-state index in [-0.39, 0.29) is 17.7 Å². The molecule has 1 aromatic rings. The van der Waals surface area contributed by atoms with Crippen molar-refractivity contribution in [3.8, 4) is 0 Å². The standard InChI is InChI=1S/C13H13Cl2NO2/c1-13(2)7-18-12(16-13)6-11(17)9-4-3-8(14)5-10(9)15/h3-5H,6-7H2,1-2H3. The molecule has 0 saturated carbocycles. The van der Waals surface area contributed by atoms with Gasteiger partial charge in [0.25, 0.3) is 0 Å². The highest BCUT2D eigenvalue weighted by Gasteiger charge is 2.27. The predicted octanol–water partition coefficient (Wildman–Crippen LogP) is 3.77. The fraction of sp³-hybridized carbons (Fsp3) is 0.385. The number of hydrogen-bond acceptors (Lipinski definition) is 3. The summed E-state index contributed by atoms with van der Waals surface area (Å²) < 4.78 is 5.38. The van der Waals surface area contributed by atoms with Crippen molar-refractivity contribution in [3.63, 3.8) is 0 Å². The Bertz CT molecular complexity index is 524. The van der Waals surface area contributed by atoms with Gasteiger partial charge >= 0.3 is 0 Å². The molecule has 18 heavy (non-hydrogen) atoms. The summed E-state index contributed by atoms with van der Waals surface area (Å²) in [7, 11) is 0. The van der Waals surface area contributed by atoms with Crippen LogP contribution in [-0.4, -0.2) is 23.8 Å². The quantitative estimate of drug-likeness (QED) is 0.793. The predicted molar refractivity (Wildman–Crippen MR) is 72.9 cm³/mol. The molecule has 1 aliphatic heterocycles. The van der Waals surface area contributed by atoms with Gasteiger partial charge in [-0.2, -0.15) is 0 Å². The topological polar surface area (TPSA) is 38.7 Å². The van der Waals surface area contributed by atoms with E-state index in [1.807, 2.05) is 13.8 Å². The second-order valence-electron chi connectivity index (χ2n) is 4.83. The molecule has 3 nitrogen and oxygen atoms in total. The van der Waals surface area contributed by atoms with Gasteiger partial charge in [-0.05, 0) is 32.0 Å². The van der Waals surface area contributed by atoms with Crippen molar-refractivity contribution < 1.29 is 9.53 Å². The van der Waals surface area contributed by atoms with E-state index in [4.69, 9.17) is 27.9 Å². The van der Waals surface area contributed by atoms with E-state index < -0.39 is 0 Å². The monoisotopic (exact) mass is 285 g/mol. The number of hydrogen-bond donors (Lipinski definition) is 0. The fourth-order valence-electron chi connectivity index (χ4n) is 1.70. The largest absolute Gasteiger partial charge is 0.478 e. The second kappa shape index (κ2) is 4.90. The van der Waals surface area contributed by atoms with Crippen LogP contribution < -0.4 is 0 Å². The maximum atomic E-state index is 12.1. The van der Waals surface area contributed by atoms with Crippen LogP contribution in [0.1, 0.15) is 30.6 Å². The van der Waals surface area contributed by atoms with Gasteiger partial charge in [0.15, 0.2) is 11.7 Å². The summed E-state index contributed by atoms with van der Waals surface area (Å²) in [5, 5.41) is 0.859. The Balaban J connectivity index is 2.14. The lowest BCUT2D eigenvalue weighted by Crippen LogP contribution is -2.17. The van der Waals surface area contributed by atoms with Crippen LogP contribution in [-0.2, 0) is 4.74 Å². The molecule has 1 aliphatic rings. The molecule has 0 atom stereocenters. The number of rotatable bonds is 3. The summed E-state index contributed by atoms with van der Waals surface area (Å²) in [6.45, 7) is 4.42. The molecular formula is C13H13Cl2NO2. The van der Waals surface area contributed by atoms with E-state index in [1.165, 1.54) is 0 Å². The Labute approximate surface area is 116 Å². The summed E-state index contributed by atoms with van der Waals surface area (Å²) in [5.74, 6) is 0.351. The Morgan fingerprint density at radius 1 is 1.44 bits per heavy atom. The lowest BCUT2D eigenvalue weighted by atomic mass is 10.1. The minimum absolute atomic E-state index is 0.117. The highest BCUT2D eigenvalue weighted by Crippen LogP contribution is 2.24. The van der Waals surface area contributed by atoms with E-state index in [0.717, 1.165) is 0 Å². The molecule has 0 spiro atoms. The van der Waals surface area contributed by atoms with Gasteiger partial charge in [0.05, 0.1) is 17.0 Å². The third-order valence-electron chi connectivity index (χ3n) is 2.56. The lowest BCUT2D eigenvalue weighted by molar-refractivity contribution is 0.0994. The Morgan fingerprint density at radius 3 is 2.72 bits per heavy atom. The molecule has 0 radical (unpaired) electrons. The van der Waals surface area contributed by atoms with Crippen LogP contribution in [0, 0.1) is 0 Å². The molecule has 2 rings (SSSR count). The second-order valence-corrected chi connectivity index (χ2v) is 5.67. The average molecular weight is 286 g/mol. The molecule has 0 bridgehead atoms. The number of ether oxygens (including phenoxy) is 1. The maximum absolute atomic E-state index is 12.1. The molecule has 0 amide bonds. The van der Waals surface area contributed by atoms with E-state index >= 15 is 0 Å². The molecular weight excluding hydrogens is 273 g/mol. The molecule has 0 aromatic heterocycles. The number of benzene rings is 1. The first-order chi connectivity index (χ1) is 8.37. The highest BCUT2D eigenvalue weighted by atomic mass is 35.5. The number of carbonyl (C=O) groups excluding carboxylic acids is 1. The van der Waals surface area contributed by atoms with Crippen molar-refractivity contribution >= 4 is 34.9 Å². The van der Waals surface area contributed by atoms with Gasteiger partial charge in [-0.1, -0.05) is 23.2 Å². The van der Waals surface area contributed by atoms with Crippen LogP contribution in [0.4, 0.5) is 0 Å². The van der Waals surface area contributed by atoms with E-state index in [2.05, 4.69) is 4.99 Å². The minimum Gasteiger partial charge on any atom is -0.478 e. The van der Waals surface area contributed by atoms with Gasteiger partial charge in [-0.15, -0.1) is 0 Å². The number of aliphatic imine (C=N–C) groups is 1. The zero-order valence-electron chi connectivity index (χ0n) is 10.2. The first-order valence-corrected chi connectivity index (χ1v) is 6.33. The van der Waals surface area contributed by atoms with Crippen molar-refractivity contribution in [2.75, 3.05) is 6.61 Å². The van der Waals surface area contributed by atoms with Gasteiger partial charge in [-0.25, -0.2) is 4.99 Å². The Hall–Kier alpha value is -1.06. The number of nitrogens with zero attached hydrogens (tertiary/aromatic N) is 1. The van der Waals surface area contributed by atoms with Crippen molar-refractivity contribution in [3.05, 3.63) is 33.8 Å². The first kappa shape index (κ1) is 13.4. The molecule has 0 fully saturated rings. The molecule has 1 heterocycles. The minimum atomic E-state index is -0.251. The summed E-state index contributed by atoms with van der Waals surface area (Å²) in [6.07, 6.45) is 0.130. The molecule has 0 aliphatic carbocycles. The third kappa shape index (κ3) is 3.03. The number of halogens is 2. The van der Waals surface area contributed by atoms with Crippen molar-refractivity contribution in [2.24, 2.45) is 4.99 Å². The maximum Gasteiger partial charge on any atom is 0.191 e.